The van der Waals surface area contributed by atoms with E-state index >= 15 is 0 Å². The Morgan fingerprint density at radius 2 is 1.00 bits per heavy atom. The van der Waals surface area contributed by atoms with Gasteiger partial charge >= 0.3 is 41.7 Å². The van der Waals surface area contributed by atoms with Crippen LogP contribution in [-0.2, 0) is 47.8 Å². The summed E-state index contributed by atoms with van der Waals surface area (Å²) in [5.41, 5.74) is 7.40. The molecule has 0 saturated heterocycles. The lowest BCUT2D eigenvalue weighted by atomic mass is 10.3. The largest absolute Gasteiger partial charge is 0.447 e. The Morgan fingerprint density at radius 3 is 1.25 bits per heavy atom. The van der Waals surface area contributed by atoms with Crippen molar-refractivity contribution in [2.45, 2.75) is 46.4 Å². The number of carbonyl (C=O) groups is 5. The third kappa shape index (κ3) is 6.18. The number of nitrogens with one attached hydrogen (secondary N) is 1. The molecule has 0 aliphatic heterocycles. The van der Waals surface area contributed by atoms with Gasteiger partial charge in [0.05, 0.1) is 0 Å². The van der Waals surface area contributed by atoms with Crippen LogP contribution in [0.5, 0.6) is 0 Å². The van der Waals surface area contributed by atoms with Crippen molar-refractivity contribution in [3.8, 4) is 0 Å². The molecular formula is C12H18N2O10. The second-order valence-corrected chi connectivity index (χ2v) is 4.35. The van der Waals surface area contributed by atoms with E-state index in [0.29, 0.717) is 0 Å². The zero-order chi connectivity index (χ0) is 19.1. The summed E-state index contributed by atoms with van der Waals surface area (Å²) >= 11 is 0. The highest BCUT2D eigenvalue weighted by molar-refractivity contribution is 5.71. The Labute approximate surface area is 136 Å². The van der Waals surface area contributed by atoms with Crippen molar-refractivity contribution < 1.29 is 47.8 Å². The molecule has 0 aliphatic rings. The highest BCUT2D eigenvalue weighted by atomic mass is 16.9. The Hall–Kier alpha value is -2.73. The fourth-order valence-corrected chi connectivity index (χ4v) is 1.40. The van der Waals surface area contributed by atoms with Crippen LogP contribution in [-0.4, -0.2) is 41.7 Å². The number of hydrogen-bond acceptors (Lipinski definition) is 12. The fourth-order valence-electron chi connectivity index (χ4n) is 1.40. The molecule has 24 heavy (non-hydrogen) atoms. The Bertz CT molecular complexity index is 512. The predicted molar refractivity (Wildman–Crippen MR) is 71.6 cm³/mol. The lowest BCUT2D eigenvalue weighted by molar-refractivity contribution is -0.393. The Kier molecular flexibility index (Phi) is 7.28. The Morgan fingerprint density at radius 1 is 0.667 bits per heavy atom. The summed E-state index contributed by atoms with van der Waals surface area (Å²) in [5, 5.41) is 0. The smallest absolute Gasteiger partial charge is 0.401 e. The normalized spacial score (nSPS) is 11.1. The van der Waals surface area contributed by atoms with Crippen LogP contribution < -0.4 is 11.2 Å². The van der Waals surface area contributed by atoms with Gasteiger partial charge in [-0.25, -0.2) is 5.73 Å². The first-order valence-corrected chi connectivity index (χ1v) is 6.35. The van der Waals surface area contributed by atoms with Crippen molar-refractivity contribution in [1.29, 1.82) is 0 Å². The van der Waals surface area contributed by atoms with Crippen LogP contribution in [0.15, 0.2) is 0 Å². The summed E-state index contributed by atoms with van der Waals surface area (Å²) in [6, 6.07) is 0. The molecule has 0 rings (SSSR count). The molecule has 3 N–H and O–H groups in total. The lowest BCUT2D eigenvalue weighted by Crippen LogP contribution is -2.74. The van der Waals surface area contributed by atoms with Crippen molar-refractivity contribution in [3.05, 3.63) is 0 Å². The van der Waals surface area contributed by atoms with Crippen LogP contribution in [0.25, 0.3) is 0 Å². The molecule has 0 aliphatic carbocycles. The molecule has 12 nitrogen and oxygen atoms in total. The summed E-state index contributed by atoms with van der Waals surface area (Å²) < 4.78 is 18.7. The first-order valence-electron chi connectivity index (χ1n) is 6.35. The molecule has 136 valence electrons. The minimum Gasteiger partial charge on any atom is -0.401 e. The van der Waals surface area contributed by atoms with E-state index in [1.165, 1.54) is 0 Å². The summed E-state index contributed by atoms with van der Waals surface area (Å²) in [7, 11) is 0. The highest BCUT2D eigenvalue weighted by Crippen LogP contribution is 2.28. The van der Waals surface area contributed by atoms with E-state index < -0.39 is 41.7 Å². The van der Waals surface area contributed by atoms with Crippen molar-refractivity contribution >= 4 is 29.8 Å². The zero-order valence-electron chi connectivity index (χ0n) is 13.7. The van der Waals surface area contributed by atoms with E-state index in [9.17, 15) is 24.0 Å². The van der Waals surface area contributed by atoms with Gasteiger partial charge in [0.15, 0.2) is 0 Å². The van der Waals surface area contributed by atoms with E-state index in [0.717, 1.165) is 34.6 Å². The molecule has 0 aromatic heterocycles. The first-order chi connectivity index (χ1) is 10.8. The minimum absolute atomic E-state index is 0.871. The van der Waals surface area contributed by atoms with Gasteiger partial charge in [-0.1, -0.05) is 5.48 Å². The first kappa shape index (κ1) is 21.3. The standard InChI is InChI=1S/C12H18N2O10/c1-6(15)20-11(13,21-7(2)16)12(22-8(3)17,23-9(4)18)14-24-10(5)19/h14H,13H2,1-5H3. The molecule has 0 fully saturated rings. The average Bonchev–Trinajstić information content (AvgIpc) is 2.32. The maximum Gasteiger partial charge on any atom is 0.447 e. The summed E-state index contributed by atoms with van der Waals surface area (Å²) in [4.78, 5) is 60.7. The van der Waals surface area contributed by atoms with E-state index in [1.807, 2.05) is 0 Å². The van der Waals surface area contributed by atoms with E-state index in [-0.39, 0.29) is 0 Å². The van der Waals surface area contributed by atoms with Crippen LogP contribution in [0, 0.1) is 0 Å². The van der Waals surface area contributed by atoms with E-state index in [1.54, 1.807) is 5.48 Å². The number of nitrogens with two attached hydrogens (primary N) is 1. The van der Waals surface area contributed by atoms with Gasteiger partial charge in [-0.15, -0.1) is 0 Å². The SMILES string of the molecule is CC(=O)ONC(OC(C)=O)(OC(C)=O)C(N)(OC(C)=O)OC(C)=O. The maximum absolute atomic E-state index is 11.4. The number of esters is 4. The molecule has 0 unspecified atom stereocenters. The average molecular weight is 350 g/mol. The van der Waals surface area contributed by atoms with Gasteiger partial charge in [0, 0.05) is 34.6 Å². The van der Waals surface area contributed by atoms with Gasteiger partial charge in [-0.3, -0.25) is 24.0 Å². The zero-order valence-corrected chi connectivity index (χ0v) is 13.7. The number of rotatable bonds is 7. The second kappa shape index (κ2) is 8.21. The van der Waals surface area contributed by atoms with Gasteiger partial charge in [0.25, 0.3) is 0 Å². The van der Waals surface area contributed by atoms with Gasteiger partial charge in [-0.2, -0.15) is 0 Å². The number of hydrogen-bond donors (Lipinski definition) is 2. The van der Waals surface area contributed by atoms with Crippen LogP contribution in [0.1, 0.15) is 34.6 Å². The summed E-state index contributed by atoms with van der Waals surface area (Å²) in [6.07, 6.45) is 0. The summed E-state index contributed by atoms with van der Waals surface area (Å²) in [6.45, 7) is 4.44. The summed E-state index contributed by atoms with van der Waals surface area (Å²) in [5.74, 6) is -11.5. The molecule has 0 aromatic carbocycles. The van der Waals surface area contributed by atoms with Crippen LogP contribution >= 0.6 is 0 Å². The molecule has 0 radical (unpaired) electrons. The van der Waals surface area contributed by atoms with Gasteiger partial charge in [0.2, 0.25) is 0 Å². The molecule has 0 aromatic rings. The molecule has 0 atom stereocenters. The molecule has 0 spiro atoms. The molecule has 0 saturated carbocycles. The molecule has 0 bridgehead atoms. The van der Waals surface area contributed by atoms with Crippen LogP contribution in [0.2, 0.25) is 0 Å². The minimum atomic E-state index is -3.02. The van der Waals surface area contributed by atoms with Crippen molar-refractivity contribution in [2.75, 3.05) is 0 Å². The monoisotopic (exact) mass is 350 g/mol. The molecule has 0 amide bonds. The Balaban J connectivity index is 6.21. The number of carbonyl (C=O) groups excluding carboxylic acids is 5. The third-order valence-corrected chi connectivity index (χ3v) is 1.95. The topological polar surface area (TPSA) is 170 Å². The lowest BCUT2D eigenvalue weighted by Gasteiger charge is -2.41. The maximum atomic E-state index is 11.4. The fraction of sp³-hybridized carbons (Fsp3) is 0.583. The number of ether oxygens (including phenoxy) is 4. The van der Waals surface area contributed by atoms with Crippen molar-refractivity contribution in [3.63, 3.8) is 0 Å². The molecule has 12 heteroatoms. The molecular weight excluding hydrogens is 332 g/mol. The third-order valence-electron chi connectivity index (χ3n) is 1.95. The second-order valence-electron chi connectivity index (χ2n) is 4.35. The van der Waals surface area contributed by atoms with Crippen molar-refractivity contribution in [1.82, 2.24) is 5.48 Å². The van der Waals surface area contributed by atoms with Gasteiger partial charge in [-0.05, 0) is 0 Å². The van der Waals surface area contributed by atoms with Crippen molar-refractivity contribution in [2.24, 2.45) is 5.73 Å². The van der Waals surface area contributed by atoms with Gasteiger partial charge < -0.3 is 23.8 Å². The quantitative estimate of drug-likeness (QED) is 0.238. The van der Waals surface area contributed by atoms with E-state index in [2.05, 4.69) is 14.3 Å². The van der Waals surface area contributed by atoms with Crippen LogP contribution in [0.4, 0.5) is 0 Å². The molecule has 0 heterocycles. The van der Waals surface area contributed by atoms with Gasteiger partial charge in [0.1, 0.15) is 0 Å². The predicted octanol–water partition coefficient (Wildman–Crippen LogP) is -1.43. The number of hydroxylamine groups is 1. The van der Waals surface area contributed by atoms with Crippen LogP contribution in [0.3, 0.4) is 0 Å². The van der Waals surface area contributed by atoms with E-state index in [4.69, 9.17) is 15.2 Å². The highest BCUT2D eigenvalue weighted by Gasteiger charge is 2.64.